The number of hydrogen-bond donors (Lipinski definition) is 2. The van der Waals surface area contributed by atoms with Crippen molar-refractivity contribution in [2.45, 2.75) is 49.5 Å². The molecule has 0 aromatic heterocycles. The van der Waals surface area contributed by atoms with Crippen LogP contribution in [-0.4, -0.2) is 42.0 Å². The fourth-order valence-corrected chi connectivity index (χ4v) is 4.16. The van der Waals surface area contributed by atoms with Crippen LogP contribution in [0.2, 0.25) is 0 Å². The van der Waals surface area contributed by atoms with Gasteiger partial charge in [0.1, 0.15) is 0 Å². The average Bonchev–Trinajstić information content (AvgIpc) is 2.87. The van der Waals surface area contributed by atoms with Crippen molar-refractivity contribution in [2.24, 2.45) is 5.92 Å². The van der Waals surface area contributed by atoms with Crippen LogP contribution in [0.5, 0.6) is 11.5 Å². The van der Waals surface area contributed by atoms with Gasteiger partial charge in [0.05, 0.1) is 19.1 Å². The number of thioether (sulfide) groups is 1. The van der Waals surface area contributed by atoms with E-state index in [1.54, 1.807) is 11.8 Å². The molecule has 0 atom stereocenters. The van der Waals surface area contributed by atoms with Crippen molar-refractivity contribution < 1.29 is 24.2 Å². The Labute approximate surface area is 157 Å². The number of carbonyl (C=O) groups excluding carboxylic acids is 1. The summed E-state index contributed by atoms with van der Waals surface area (Å²) in [6.07, 6.45) is 4.11. The number of fused-ring (bicyclic) bond motifs is 1. The van der Waals surface area contributed by atoms with E-state index in [2.05, 4.69) is 5.32 Å². The number of ether oxygens (including phenoxy) is 2. The number of hydrogen-bond acceptors (Lipinski definition) is 5. The highest BCUT2D eigenvalue weighted by Crippen LogP contribution is 2.34. The zero-order chi connectivity index (χ0) is 18.4. The normalized spacial score (nSPS) is 22.3. The van der Waals surface area contributed by atoms with Crippen molar-refractivity contribution >= 4 is 23.6 Å². The highest BCUT2D eigenvalue weighted by Gasteiger charge is 2.26. The Kier molecular flexibility index (Phi) is 6.66. The molecule has 3 rings (SSSR count). The maximum Gasteiger partial charge on any atom is 0.306 e. The Bertz CT molecular complexity index is 643. The number of carboxylic acids is 1. The lowest BCUT2D eigenvalue weighted by molar-refractivity contribution is -0.142. The molecule has 26 heavy (non-hydrogen) atoms. The zero-order valence-electron chi connectivity index (χ0n) is 14.7. The number of carboxylic acid groups (broad SMARTS) is 1. The van der Waals surface area contributed by atoms with Gasteiger partial charge in [0, 0.05) is 29.5 Å². The van der Waals surface area contributed by atoms with Gasteiger partial charge in [0.2, 0.25) is 5.91 Å². The van der Waals surface area contributed by atoms with E-state index in [0.29, 0.717) is 38.2 Å². The van der Waals surface area contributed by atoms with Crippen LogP contribution >= 0.6 is 11.8 Å². The Morgan fingerprint density at radius 3 is 2.58 bits per heavy atom. The lowest BCUT2D eigenvalue weighted by atomic mass is 9.86. The van der Waals surface area contributed by atoms with Crippen LogP contribution in [0.25, 0.3) is 0 Å². The summed E-state index contributed by atoms with van der Waals surface area (Å²) in [4.78, 5) is 24.1. The molecule has 0 saturated heterocycles. The number of amides is 1. The Morgan fingerprint density at radius 2 is 1.85 bits per heavy atom. The lowest BCUT2D eigenvalue weighted by Crippen LogP contribution is -2.38. The minimum atomic E-state index is -0.721. The molecule has 0 unspecified atom stereocenters. The summed E-state index contributed by atoms with van der Waals surface area (Å²) in [6.45, 7) is 1.34. The van der Waals surface area contributed by atoms with Crippen molar-refractivity contribution in [3.05, 3.63) is 18.2 Å². The monoisotopic (exact) mass is 379 g/mol. The summed E-state index contributed by atoms with van der Waals surface area (Å²) in [5.74, 6) is 1.30. The maximum absolute atomic E-state index is 12.1. The van der Waals surface area contributed by atoms with Gasteiger partial charge in [-0.1, -0.05) is 0 Å². The summed E-state index contributed by atoms with van der Waals surface area (Å²) in [5, 5.41) is 12.0. The zero-order valence-corrected chi connectivity index (χ0v) is 15.6. The minimum absolute atomic E-state index is 0.0330. The van der Waals surface area contributed by atoms with Crippen molar-refractivity contribution in [3.63, 3.8) is 0 Å². The molecule has 1 fully saturated rings. The lowest BCUT2D eigenvalue weighted by Gasteiger charge is -2.26. The highest BCUT2D eigenvalue weighted by molar-refractivity contribution is 7.99. The predicted molar refractivity (Wildman–Crippen MR) is 98.9 cm³/mol. The second kappa shape index (κ2) is 9.16. The molecule has 1 saturated carbocycles. The van der Waals surface area contributed by atoms with Crippen LogP contribution in [0.15, 0.2) is 23.1 Å². The van der Waals surface area contributed by atoms with Crippen LogP contribution in [0.3, 0.4) is 0 Å². The number of rotatable bonds is 6. The standard InChI is InChI=1S/C19H25NO5S/c21-18(20-14-4-2-13(3-5-14)19(22)23)8-11-26-15-6-7-16-17(12-15)25-10-1-9-24-16/h6-7,12-14H,1-5,8-11H2,(H,20,21)(H,22,23). The first-order valence-electron chi connectivity index (χ1n) is 9.16. The second-order valence-corrected chi connectivity index (χ2v) is 7.88. The molecule has 1 aromatic carbocycles. The molecule has 0 bridgehead atoms. The molecule has 1 amide bonds. The first kappa shape index (κ1) is 18.9. The summed E-state index contributed by atoms with van der Waals surface area (Å²) in [7, 11) is 0. The summed E-state index contributed by atoms with van der Waals surface area (Å²) in [6, 6.07) is 5.99. The summed E-state index contributed by atoms with van der Waals surface area (Å²) in [5.41, 5.74) is 0. The van der Waals surface area contributed by atoms with Gasteiger partial charge >= 0.3 is 5.97 Å². The first-order valence-corrected chi connectivity index (χ1v) is 10.1. The SMILES string of the molecule is O=C(CCSc1ccc2c(c1)OCCCO2)NC1CCC(C(=O)O)CC1. The van der Waals surface area contributed by atoms with Gasteiger partial charge in [-0.25, -0.2) is 0 Å². The van der Waals surface area contributed by atoms with E-state index in [1.165, 1.54) is 0 Å². The molecule has 2 N–H and O–H groups in total. The Morgan fingerprint density at radius 1 is 1.12 bits per heavy atom. The van der Waals surface area contributed by atoms with Gasteiger partial charge in [0.15, 0.2) is 11.5 Å². The van der Waals surface area contributed by atoms with Gasteiger partial charge in [0.25, 0.3) is 0 Å². The average molecular weight is 379 g/mol. The topological polar surface area (TPSA) is 84.9 Å². The van der Waals surface area contributed by atoms with E-state index in [1.807, 2.05) is 18.2 Å². The van der Waals surface area contributed by atoms with Crippen LogP contribution < -0.4 is 14.8 Å². The molecule has 1 aromatic rings. The van der Waals surface area contributed by atoms with Crippen LogP contribution in [0.1, 0.15) is 38.5 Å². The smallest absolute Gasteiger partial charge is 0.306 e. The third kappa shape index (κ3) is 5.30. The van der Waals surface area contributed by atoms with Gasteiger partial charge in [-0.15, -0.1) is 11.8 Å². The third-order valence-corrected chi connectivity index (χ3v) is 5.75. The molecular formula is C19H25NO5S. The molecule has 1 heterocycles. The van der Waals surface area contributed by atoms with E-state index in [-0.39, 0.29) is 17.9 Å². The molecule has 1 aliphatic heterocycles. The fourth-order valence-electron chi connectivity index (χ4n) is 3.28. The van der Waals surface area contributed by atoms with Crippen molar-refractivity contribution in [3.8, 4) is 11.5 Å². The number of benzene rings is 1. The minimum Gasteiger partial charge on any atom is -0.490 e. The second-order valence-electron chi connectivity index (χ2n) is 6.71. The van der Waals surface area contributed by atoms with E-state index >= 15 is 0 Å². The molecule has 1 aliphatic carbocycles. The van der Waals surface area contributed by atoms with Crippen LogP contribution in [-0.2, 0) is 9.59 Å². The Hall–Kier alpha value is -1.89. The van der Waals surface area contributed by atoms with Gasteiger partial charge < -0.3 is 19.9 Å². The van der Waals surface area contributed by atoms with Gasteiger partial charge in [-0.3, -0.25) is 9.59 Å². The van der Waals surface area contributed by atoms with Crippen LogP contribution in [0.4, 0.5) is 0 Å². The first-order chi connectivity index (χ1) is 12.6. The van der Waals surface area contributed by atoms with Crippen molar-refractivity contribution in [1.29, 1.82) is 0 Å². The maximum atomic E-state index is 12.1. The molecular weight excluding hydrogens is 354 g/mol. The largest absolute Gasteiger partial charge is 0.490 e. The number of nitrogens with one attached hydrogen (secondary N) is 1. The predicted octanol–water partition coefficient (Wildman–Crippen LogP) is 3.09. The van der Waals surface area contributed by atoms with Gasteiger partial charge in [-0.05, 0) is 43.9 Å². The Balaban J connectivity index is 1.39. The quantitative estimate of drug-likeness (QED) is 0.739. The molecule has 0 spiro atoms. The van der Waals surface area contributed by atoms with E-state index in [0.717, 1.165) is 35.7 Å². The molecule has 142 valence electrons. The van der Waals surface area contributed by atoms with Crippen LogP contribution in [0, 0.1) is 5.92 Å². The molecule has 2 aliphatic rings. The van der Waals surface area contributed by atoms with E-state index in [4.69, 9.17) is 14.6 Å². The number of aliphatic carboxylic acids is 1. The van der Waals surface area contributed by atoms with E-state index < -0.39 is 5.97 Å². The molecule has 7 heteroatoms. The highest BCUT2D eigenvalue weighted by atomic mass is 32.2. The number of carbonyl (C=O) groups is 2. The molecule has 6 nitrogen and oxygen atoms in total. The van der Waals surface area contributed by atoms with E-state index in [9.17, 15) is 9.59 Å². The molecule has 0 radical (unpaired) electrons. The van der Waals surface area contributed by atoms with Crippen molar-refractivity contribution in [2.75, 3.05) is 19.0 Å². The summed E-state index contributed by atoms with van der Waals surface area (Å²) < 4.78 is 11.3. The third-order valence-electron chi connectivity index (χ3n) is 4.76. The fraction of sp³-hybridized carbons (Fsp3) is 0.579. The van der Waals surface area contributed by atoms with Crippen molar-refractivity contribution in [1.82, 2.24) is 5.32 Å². The summed E-state index contributed by atoms with van der Waals surface area (Å²) >= 11 is 1.62. The van der Waals surface area contributed by atoms with Gasteiger partial charge in [-0.2, -0.15) is 0 Å².